The van der Waals surface area contributed by atoms with E-state index < -0.39 is 51.1 Å². The molecule has 0 aliphatic heterocycles. The SMILES string of the molecule is CC(C)(CSc1c(F)c(F)cc(F)c1F)C(=O)NCc1ccc(F)c(F)c1. The number of hydrogen-bond donors (Lipinski definition) is 1. The maximum absolute atomic E-state index is 13.7. The molecule has 2 aromatic carbocycles. The Bertz CT molecular complexity index is 845. The number of thioether (sulfide) groups is 1. The van der Waals surface area contributed by atoms with Crippen molar-refractivity contribution in [2.24, 2.45) is 5.41 Å². The van der Waals surface area contributed by atoms with Gasteiger partial charge in [0.1, 0.15) is 0 Å². The molecule has 0 spiro atoms. The number of halogens is 6. The molecule has 0 saturated carbocycles. The molecular formula is C18H15F6NOS. The molecule has 27 heavy (non-hydrogen) atoms. The van der Waals surface area contributed by atoms with E-state index in [9.17, 15) is 31.1 Å². The standard InChI is InChI=1S/C18H15F6NOS/c1-18(2,8-27-16-14(23)12(21)6-13(22)15(16)24)17(26)25-7-9-3-4-10(19)11(20)5-9/h3-6H,7-8H2,1-2H3,(H,25,26). The summed E-state index contributed by atoms with van der Waals surface area (Å²) in [5, 5.41) is 2.50. The van der Waals surface area contributed by atoms with Crippen molar-refractivity contribution in [3.05, 3.63) is 64.7 Å². The van der Waals surface area contributed by atoms with E-state index in [0.717, 1.165) is 12.1 Å². The van der Waals surface area contributed by atoms with Crippen molar-refractivity contribution >= 4 is 17.7 Å². The van der Waals surface area contributed by atoms with Crippen LogP contribution < -0.4 is 5.32 Å². The zero-order valence-corrected chi connectivity index (χ0v) is 15.1. The van der Waals surface area contributed by atoms with Gasteiger partial charge in [-0.25, -0.2) is 26.3 Å². The molecule has 0 aromatic heterocycles. The van der Waals surface area contributed by atoms with Crippen molar-refractivity contribution < 1.29 is 31.1 Å². The van der Waals surface area contributed by atoms with Gasteiger partial charge >= 0.3 is 0 Å². The van der Waals surface area contributed by atoms with Crippen LogP contribution in [0.3, 0.4) is 0 Å². The molecule has 1 N–H and O–H groups in total. The maximum Gasteiger partial charge on any atom is 0.226 e. The van der Waals surface area contributed by atoms with Gasteiger partial charge in [-0.15, -0.1) is 11.8 Å². The van der Waals surface area contributed by atoms with Crippen molar-refractivity contribution in [2.75, 3.05) is 5.75 Å². The Balaban J connectivity index is 2.03. The summed E-state index contributed by atoms with van der Waals surface area (Å²) >= 11 is 0.463. The lowest BCUT2D eigenvalue weighted by Gasteiger charge is -2.23. The van der Waals surface area contributed by atoms with Crippen LogP contribution in [0.2, 0.25) is 0 Å². The number of carbonyl (C=O) groups excluding carboxylic acids is 1. The van der Waals surface area contributed by atoms with Crippen LogP contribution in [-0.4, -0.2) is 11.7 Å². The lowest BCUT2D eigenvalue weighted by molar-refractivity contribution is -0.128. The molecule has 0 aliphatic rings. The average molecular weight is 407 g/mol. The first-order chi connectivity index (χ1) is 12.5. The summed E-state index contributed by atoms with van der Waals surface area (Å²) in [6.45, 7) is 2.83. The van der Waals surface area contributed by atoms with Crippen LogP contribution in [0.5, 0.6) is 0 Å². The molecule has 0 bridgehead atoms. The number of benzene rings is 2. The number of carbonyl (C=O) groups is 1. The molecule has 0 aliphatic carbocycles. The summed E-state index contributed by atoms with van der Waals surface area (Å²) in [5.74, 6) is -8.93. The van der Waals surface area contributed by atoms with Gasteiger partial charge in [0.05, 0.1) is 10.3 Å². The summed E-state index contributed by atoms with van der Waals surface area (Å²) in [6, 6.07) is 3.24. The third-order valence-corrected chi connectivity index (χ3v) is 5.21. The van der Waals surface area contributed by atoms with Gasteiger partial charge in [-0.3, -0.25) is 4.79 Å². The van der Waals surface area contributed by atoms with E-state index in [2.05, 4.69) is 5.32 Å². The highest BCUT2D eigenvalue weighted by atomic mass is 32.2. The summed E-state index contributed by atoms with van der Waals surface area (Å²) in [5.41, 5.74) is -0.861. The van der Waals surface area contributed by atoms with E-state index in [1.165, 1.54) is 19.9 Å². The Morgan fingerprint density at radius 2 is 1.52 bits per heavy atom. The van der Waals surface area contributed by atoms with Gasteiger partial charge in [-0.05, 0) is 17.7 Å². The Labute approximate surface area is 156 Å². The Kier molecular flexibility index (Phi) is 6.46. The fourth-order valence-electron chi connectivity index (χ4n) is 2.07. The highest BCUT2D eigenvalue weighted by Crippen LogP contribution is 2.33. The minimum absolute atomic E-state index is 0.0958. The topological polar surface area (TPSA) is 29.1 Å². The maximum atomic E-state index is 13.7. The van der Waals surface area contributed by atoms with Gasteiger partial charge in [-0.1, -0.05) is 19.9 Å². The van der Waals surface area contributed by atoms with Crippen LogP contribution in [0.4, 0.5) is 26.3 Å². The molecule has 1 amide bonds. The second-order valence-corrected chi connectivity index (χ2v) is 7.39. The smallest absolute Gasteiger partial charge is 0.226 e. The van der Waals surface area contributed by atoms with Gasteiger partial charge in [0, 0.05) is 18.4 Å². The zero-order chi connectivity index (χ0) is 20.4. The molecule has 146 valence electrons. The van der Waals surface area contributed by atoms with Crippen molar-refractivity contribution in [1.82, 2.24) is 5.32 Å². The summed E-state index contributed by atoms with van der Waals surface area (Å²) < 4.78 is 79.9. The second kappa shape index (κ2) is 8.24. The van der Waals surface area contributed by atoms with Crippen molar-refractivity contribution in [3.8, 4) is 0 Å². The number of nitrogens with one attached hydrogen (secondary N) is 1. The van der Waals surface area contributed by atoms with Crippen molar-refractivity contribution in [2.45, 2.75) is 25.3 Å². The molecule has 0 saturated heterocycles. The van der Waals surface area contributed by atoms with Crippen LogP contribution in [0.25, 0.3) is 0 Å². The van der Waals surface area contributed by atoms with Gasteiger partial charge in [0.25, 0.3) is 0 Å². The predicted octanol–water partition coefficient (Wildman–Crippen LogP) is 4.96. The molecule has 9 heteroatoms. The van der Waals surface area contributed by atoms with E-state index in [1.807, 2.05) is 0 Å². The lowest BCUT2D eigenvalue weighted by atomic mass is 9.95. The number of amides is 1. The minimum atomic E-state index is -1.53. The van der Waals surface area contributed by atoms with Crippen LogP contribution >= 0.6 is 11.8 Å². The van der Waals surface area contributed by atoms with E-state index in [0.29, 0.717) is 17.3 Å². The van der Waals surface area contributed by atoms with Crippen molar-refractivity contribution in [3.63, 3.8) is 0 Å². The monoisotopic (exact) mass is 407 g/mol. The van der Waals surface area contributed by atoms with Crippen LogP contribution in [-0.2, 0) is 11.3 Å². The highest BCUT2D eigenvalue weighted by molar-refractivity contribution is 7.99. The van der Waals surface area contributed by atoms with E-state index in [4.69, 9.17) is 0 Å². The first kappa shape index (κ1) is 21.1. The number of rotatable bonds is 6. The third kappa shape index (κ3) is 4.97. The molecule has 0 atom stereocenters. The van der Waals surface area contributed by atoms with E-state index in [1.54, 1.807) is 0 Å². The molecule has 0 radical (unpaired) electrons. The Hall–Kier alpha value is -2.16. The summed E-state index contributed by atoms with van der Waals surface area (Å²) in [6.07, 6.45) is 0. The van der Waals surface area contributed by atoms with Crippen LogP contribution in [0.15, 0.2) is 29.2 Å². The quantitative estimate of drug-likeness (QED) is 0.417. The first-order valence-corrected chi connectivity index (χ1v) is 8.69. The third-order valence-electron chi connectivity index (χ3n) is 3.70. The van der Waals surface area contributed by atoms with Crippen molar-refractivity contribution in [1.29, 1.82) is 0 Å². The lowest BCUT2D eigenvalue weighted by Crippen LogP contribution is -2.38. The summed E-state index contributed by atoms with van der Waals surface area (Å²) in [4.78, 5) is 11.4. The van der Waals surface area contributed by atoms with Gasteiger partial charge in [0.2, 0.25) is 5.91 Å². The minimum Gasteiger partial charge on any atom is -0.352 e. The first-order valence-electron chi connectivity index (χ1n) is 7.71. The molecule has 2 aromatic rings. The van der Waals surface area contributed by atoms with Gasteiger partial charge in [0.15, 0.2) is 34.9 Å². The van der Waals surface area contributed by atoms with E-state index >= 15 is 0 Å². The van der Waals surface area contributed by atoms with Crippen LogP contribution in [0, 0.1) is 40.3 Å². The van der Waals surface area contributed by atoms with E-state index in [-0.39, 0.29) is 18.4 Å². The van der Waals surface area contributed by atoms with Gasteiger partial charge in [-0.2, -0.15) is 0 Å². The molecule has 2 rings (SSSR count). The molecule has 0 unspecified atom stereocenters. The summed E-state index contributed by atoms with van der Waals surface area (Å²) in [7, 11) is 0. The second-order valence-electron chi connectivity index (χ2n) is 6.40. The Morgan fingerprint density at radius 1 is 0.926 bits per heavy atom. The molecule has 2 nitrogen and oxygen atoms in total. The predicted molar refractivity (Wildman–Crippen MR) is 89.0 cm³/mol. The zero-order valence-electron chi connectivity index (χ0n) is 14.3. The fraction of sp³-hybridized carbons (Fsp3) is 0.278. The Morgan fingerprint density at radius 3 is 2.07 bits per heavy atom. The molecule has 0 fully saturated rings. The average Bonchev–Trinajstić information content (AvgIpc) is 2.60. The number of hydrogen-bond acceptors (Lipinski definition) is 2. The normalized spacial score (nSPS) is 11.6. The van der Waals surface area contributed by atoms with Gasteiger partial charge < -0.3 is 5.32 Å². The fourth-order valence-corrected chi connectivity index (χ4v) is 3.15. The molecule has 0 heterocycles. The highest BCUT2D eigenvalue weighted by Gasteiger charge is 2.30. The largest absolute Gasteiger partial charge is 0.352 e. The molecular weight excluding hydrogens is 392 g/mol. The van der Waals surface area contributed by atoms with Crippen LogP contribution in [0.1, 0.15) is 19.4 Å².